The van der Waals surface area contributed by atoms with Crippen LogP contribution in [0.1, 0.15) is 82.6 Å². The first-order valence-electron chi connectivity index (χ1n) is 8.46. The van der Waals surface area contributed by atoms with Crippen molar-refractivity contribution in [3.8, 4) is 0 Å². The van der Waals surface area contributed by atoms with Gasteiger partial charge in [-0.15, -0.1) is 0 Å². The van der Waals surface area contributed by atoms with Gasteiger partial charge in [0.05, 0.1) is 12.2 Å². The van der Waals surface area contributed by atoms with Gasteiger partial charge in [-0.05, 0) is 19.9 Å². The minimum Gasteiger partial charge on any atom is -0.360 e. The molecule has 0 bridgehead atoms. The van der Waals surface area contributed by atoms with Gasteiger partial charge in [0.1, 0.15) is 0 Å². The van der Waals surface area contributed by atoms with Crippen LogP contribution < -0.4 is 5.32 Å². The maximum Gasteiger partial charge on any atom is 0.150 e. The summed E-state index contributed by atoms with van der Waals surface area (Å²) in [6.45, 7) is 6.11. The van der Waals surface area contributed by atoms with Gasteiger partial charge in [-0.1, -0.05) is 69.9 Å². The van der Waals surface area contributed by atoms with Crippen molar-refractivity contribution >= 4 is 0 Å². The number of aryl methyl sites for hydroxylation is 1. The Bertz CT molecular complexity index is 323. The highest BCUT2D eigenvalue weighted by Crippen LogP contribution is 2.10. The van der Waals surface area contributed by atoms with Crippen molar-refractivity contribution in [3.05, 3.63) is 17.5 Å². The summed E-state index contributed by atoms with van der Waals surface area (Å²) in [5.74, 6) is 0.939. The Balaban J connectivity index is 1.76. The summed E-state index contributed by atoms with van der Waals surface area (Å²) in [6.07, 6.45) is 13.9. The van der Waals surface area contributed by atoms with Crippen molar-refractivity contribution in [1.29, 1.82) is 0 Å². The fraction of sp³-hybridized carbons (Fsp3) is 0.824. The van der Waals surface area contributed by atoms with Gasteiger partial charge in [0, 0.05) is 6.07 Å². The normalized spacial score (nSPS) is 11.1. The summed E-state index contributed by atoms with van der Waals surface area (Å²) in [5, 5.41) is 7.28. The lowest BCUT2D eigenvalue weighted by atomic mass is 10.1. The molecule has 0 aliphatic carbocycles. The summed E-state index contributed by atoms with van der Waals surface area (Å²) < 4.78 is 5.15. The molecule has 0 unspecified atom stereocenters. The van der Waals surface area contributed by atoms with E-state index in [1.807, 2.05) is 13.0 Å². The number of aromatic nitrogens is 1. The highest BCUT2D eigenvalue weighted by atomic mass is 16.5. The number of rotatable bonds is 13. The van der Waals surface area contributed by atoms with E-state index < -0.39 is 0 Å². The molecule has 0 aliphatic rings. The molecule has 0 aromatic carbocycles. The molecule has 3 heteroatoms. The molecule has 1 rings (SSSR count). The number of nitrogens with one attached hydrogen (secondary N) is 1. The molecule has 0 saturated carbocycles. The molecule has 0 atom stereocenters. The van der Waals surface area contributed by atoms with Gasteiger partial charge in [0.25, 0.3) is 0 Å². The summed E-state index contributed by atoms with van der Waals surface area (Å²) in [6, 6.07) is 1.99. The molecule has 1 N–H and O–H groups in total. The van der Waals surface area contributed by atoms with Gasteiger partial charge in [-0.3, -0.25) is 0 Å². The van der Waals surface area contributed by atoms with Gasteiger partial charge in [-0.25, -0.2) is 0 Å². The maximum absolute atomic E-state index is 5.15. The van der Waals surface area contributed by atoms with Crippen LogP contribution in [0.15, 0.2) is 10.6 Å². The Hall–Kier alpha value is -0.830. The molecule has 0 aliphatic heterocycles. The molecule has 3 nitrogen and oxygen atoms in total. The second-order valence-electron chi connectivity index (χ2n) is 5.79. The van der Waals surface area contributed by atoms with Gasteiger partial charge in [0.2, 0.25) is 0 Å². The van der Waals surface area contributed by atoms with Crippen LogP contribution in [0.2, 0.25) is 0 Å². The van der Waals surface area contributed by atoms with Crippen LogP contribution in [0.5, 0.6) is 0 Å². The van der Waals surface area contributed by atoms with Gasteiger partial charge in [0.15, 0.2) is 5.76 Å². The first kappa shape index (κ1) is 17.2. The van der Waals surface area contributed by atoms with Crippen LogP contribution in [0.25, 0.3) is 0 Å². The maximum atomic E-state index is 5.15. The van der Waals surface area contributed by atoms with E-state index in [9.17, 15) is 0 Å². The molecule has 0 saturated heterocycles. The molecule has 0 radical (unpaired) electrons. The number of nitrogens with zero attached hydrogens (tertiary/aromatic N) is 1. The Morgan fingerprint density at radius 3 is 2.10 bits per heavy atom. The first-order chi connectivity index (χ1) is 9.83. The van der Waals surface area contributed by atoms with E-state index in [1.54, 1.807) is 0 Å². The molecule has 116 valence electrons. The highest BCUT2D eigenvalue weighted by molar-refractivity contribution is 5.02. The van der Waals surface area contributed by atoms with Crippen LogP contribution >= 0.6 is 0 Å². The summed E-state index contributed by atoms with van der Waals surface area (Å²) in [7, 11) is 0. The predicted molar refractivity (Wildman–Crippen MR) is 84.8 cm³/mol. The zero-order chi connectivity index (χ0) is 14.5. The van der Waals surface area contributed by atoms with E-state index >= 15 is 0 Å². The molecule has 0 fully saturated rings. The van der Waals surface area contributed by atoms with E-state index in [2.05, 4.69) is 17.4 Å². The van der Waals surface area contributed by atoms with E-state index in [0.29, 0.717) is 0 Å². The highest BCUT2D eigenvalue weighted by Gasteiger charge is 1.99. The fourth-order valence-electron chi connectivity index (χ4n) is 2.45. The predicted octanol–water partition coefficient (Wildman–Crippen LogP) is 4.99. The van der Waals surface area contributed by atoms with Crippen LogP contribution in [0.3, 0.4) is 0 Å². The lowest BCUT2D eigenvalue weighted by Gasteiger charge is -2.03. The third kappa shape index (κ3) is 9.13. The SMILES string of the molecule is CCCCCCCCCCCCNCc1cc(C)no1. The first-order valence-corrected chi connectivity index (χ1v) is 8.46. The molecule has 20 heavy (non-hydrogen) atoms. The Labute approximate surface area is 124 Å². The minimum atomic E-state index is 0.804. The van der Waals surface area contributed by atoms with Crippen molar-refractivity contribution in [3.63, 3.8) is 0 Å². The van der Waals surface area contributed by atoms with E-state index in [0.717, 1.165) is 24.5 Å². The summed E-state index contributed by atoms with van der Waals surface area (Å²) >= 11 is 0. The van der Waals surface area contributed by atoms with Crippen molar-refractivity contribution in [1.82, 2.24) is 10.5 Å². The zero-order valence-electron chi connectivity index (χ0n) is 13.4. The zero-order valence-corrected chi connectivity index (χ0v) is 13.4. The van der Waals surface area contributed by atoms with Crippen molar-refractivity contribution < 1.29 is 4.52 Å². The third-order valence-electron chi connectivity index (χ3n) is 3.68. The van der Waals surface area contributed by atoms with Crippen LogP contribution in [-0.2, 0) is 6.54 Å². The average Bonchev–Trinajstić information content (AvgIpc) is 2.86. The standard InChI is InChI=1S/C17H32N2O/c1-3-4-5-6-7-8-9-10-11-12-13-18-15-17-14-16(2)19-20-17/h14,18H,3-13,15H2,1-2H3. The number of hydrogen-bond donors (Lipinski definition) is 1. The number of hydrogen-bond acceptors (Lipinski definition) is 3. The smallest absolute Gasteiger partial charge is 0.150 e. The van der Waals surface area contributed by atoms with Crippen LogP contribution in [0.4, 0.5) is 0 Å². The lowest BCUT2D eigenvalue weighted by molar-refractivity contribution is 0.369. The molecular formula is C17H32N2O. The van der Waals surface area contributed by atoms with Crippen molar-refractivity contribution in [2.24, 2.45) is 0 Å². The number of unbranched alkanes of at least 4 members (excludes halogenated alkanes) is 9. The van der Waals surface area contributed by atoms with Crippen LogP contribution in [-0.4, -0.2) is 11.7 Å². The largest absolute Gasteiger partial charge is 0.360 e. The van der Waals surface area contributed by atoms with Gasteiger partial charge >= 0.3 is 0 Å². The van der Waals surface area contributed by atoms with Gasteiger partial charge in [-0.2, -0.15) is 0 Å². The Morgan fingerprint density at radius 2 is 1.55 bits per heavy atom. The quantitative estimate of drug-likeness (QED) is 0.517. The summed E-state index contributed by atoms with van der Waals surface area (Å²) in [5.41, 5.74) is 0.959. The molecule has 1 heterocycles. The second kappa shape index (κ2) is 12.0. The van der Waals surface area contributed by atoms with E-state index in [1.165, 1.54) is 64.2 Å². The molecule has 1 aromatic heterocycles. The Morgan fingerprint density at radius 1 is 0.950 bits per heavy atom. The third-order valence-corrected chi connectivity index (χ3v) is 3.68. The monoisotopic (exact) mass is 280 g/mol. The summed E-state index contributed by atoms with van der Waals surface area (Å²) in [4.78, 5) is 0. The molecule has 0 spiro atoms. The van der Waals surface area contributed by atoms with Crippen molar-refractivity contribution in [2.75, 3.05) is 6.54 Å². The van der Waals surface area contributed by atoms with Crippen molar-refractivity contribution in [2.45, 2.75) is 84.6 Å². The molecule has 1 aromatic rings. The lowest BCUT2D eigenvalue weighted by Crippen LogP contribution is -2.14. The second-order valence-corrected chi connectivity index (χ2v) is 5.79. The Kier molecular flexibility index (Phi) is 10.3. The van der Waals surface area contributed by atoms with E-state index in [-0.39, 0.29) is 0 Å². The molecular weight excluding hydrogens is 248 g/mol. The van der Waals surface area contributed by atoms with Gasteiger partial charge < -0.3 is 9.84 Å². The average molecular weight is 280 g/mol. The fourth-order valence-corrected chi connectivity index (χ4v) is 2.45. The van der Waals surface area contributed by atoms with Crippen LogP contribution in [0, 0.1) is 6.92 Å². The topological polar surface area (TPSA) is 38.1 Å². The molecule has 0 amide bonds. The minimum absolute atomic E-state index is 0.804. The van der Waals surface area contributed by atoms with E-state index in [4.69, 9.17) is 4.52 Å².